The van der Waals surface area contributed by atoms with Crippen LogP contribution in [0.25, 0.3) is 0 Å². The van der Waals surface area contributed by atoms with Crippen molar-refractivity contribution in [2.24, 2.45) is 0 Å². The van der Waals surface area contributed by atoms with Gasteiger partial charge in [0.15, 0.2) is 0 Å². The van der Waals surface area contributed by atoms with Crippen LogP contribution in [0.1, 0.15) is 57.4 Å². The van der Waals surface area contributed by atoms with Crippen LogP contribution in [-0.2, 0) is 16.5 Å². The number of unbranched alkanes of at least 4 members (excludes halogenated alkanes) is 6. The van der Waals surface area contributed by atoms with Gasteiger partial charge in [0.2, 0.25) is 0 Å². The summed E-state index contributed by atoms with van der Waals surface area (Å²) in [5.41, 5.74) is 0.507. The third-order valence-corrected chi connectivity index (χ3v) is 5.25. The van der Waals surface area contributed by atoms with E-state index in [4.69, 9.17) is 4.74 Å². The third-order valence-electron chi connectivity index (χ3n) is 4.42. The van der Waals surface area contributed by atoms with E-state index in [1.165, 1.54) is 31.7 Å². The fourth-order valence-corrected chi connectivity index (χ4v) is 3.51. The fraction of sp³-hybridized carbons (Fsp3) is 0.429. The van der Waals surface area contributed by atoms with E-state index in [1.807, 2.05) is 6.07 Å². The minimum Gasteiger partial charge on any atom is -0.870 e. The van der Waals surface area contributed by atoms with Gasteiger partial charge in [0.1, 0.15) is 11.5 Å². The molecular formula is C21H27KO5S. The molecule has 0 aromatic heterocycles. The minimum atomic E-state index is -4.44. The number of para-hydroxylation sites is 1. The molecule has 0 fully saturated rings. The predicted molar refractivity (Wildman–Crippen MR) is 104 cm³/mol. The molecule has 0 aliphatic heterocycles. The van der Waals surface area contributed by atoms with Gasteiger partial charge in [-0.05, 0) is 42.7 Å². The normalized spacial score (nSPS) is 11.1. The van der Waals surface area contributed by atoms with Crippen LogP contribution in [0.15, 0.2) is 47.4 Å². The SMILES string of the molecule is CCCCCCCCCc1cc(S(=O)(=O)O)cc([O-])c1Oc1ccccc1.[K+]. The van der Waals surface area contributed by atoms with E-state index in [0.717, 1.165) is 25.3 Å². The second-order valence-corrected chi connectivity index (χ2v) is 8.09. The summed E-state index contributed by atoms with van der Waals surface area (Å²) >= 11 is 0. The van der Waals surface area contributed by atoms with Crippen molar-refractivity contribution < 1.29 is 74.2 Å². The number of rotatable bonds is 11. The Kier molecular flexibility index (Phi) is 11.9. The molecule has 2 aromatic rings. The Bertz CT molecular complexity index is 822. The molecule has 0 saturated carbocycles. The van der Waals surface area contributed by atoms with Gasteiger partial charge in [-0.3, -0.25) is 4.55 Å². The second-order valence-electron chi connectivity index (χ2n) is 6.67. The smallest absolute Gasteiger partial charge is 0.870 e. The van der Waals surface area contributed by atoms with Crippen molar-refractivity contribution in [1.29, 1.82) is 0 Å². The molecule has 2 aromatic carbocycles. The third kappa shape index (κ3) is 8.53. The zero-order chi connectivity index (χ0) is 19.7. The molecule has 7 heteroatoms. The van der Waals surface area contributed by atoms with Crippen molar-refractivity contribution >= 4 is 10.1 Å². The van der Waals surface area contributed by atoms with E-state index in [1.54, 1.807) is 24.3 Å². The van der Waals surface area contributed by atoms with E-state index in [0.29, 0.717) is 17.7 Å². The summed E-state index contributed by atoms with van der Waals surface area (Å²) in [5.74, 6) is 0.0847. The molecule has 28 heavy (non-hydrogen) atoms. The quantitative estimate of drug-likeness (QED) is 0.335. The summed E-state index contributed by atoms with van der Waals surface area (Å²) in [4.78, 5) is -0.383. The molecule has 0 heterocycles. The first-order valence-corrected chi connectivity index (χ1v) is 10.9. The second kappa shape index (κ2) is 13.0. The van der Waals surface area contributed by atoms with Gasteiger partial charge >= 0.3 is 51.4 Å². The van der Waals surface area contributed by atoms with E-state index in [2.05, 4.69) is 6.92 Å². The maximum absolute atomic E-state index is 12.4. The molecule has 0 atom stereocenters. The first-order chi connectivity index (χ1) is 12.9. The van der Waals surface area contributed by atoms with E-state index >= 15 is 0 Å². The van der Waals surface area contributed by atoms with E-state index in [-0.39, 0.29) is 62.0 Å². The largest absolute Gasteiger partial charge is 1.00 e. The molecule has 0 spiro atoms. The van der Waals surface area contributed by atoms with Gasteiger partial charge in [0.05, 0.1) is 4.90 Å². The summed E-state index contributed by atoms with van der Waals surface area (Å²) in [6, 6.07) is 11.1. The molecule has 148 valence electrons. The number of hydrogen-bond donors (Lipinski definition) is 1. The van der Waals surface area contributed by atoms with Gasteiger partial charge in [-0.25, -0.2) is 0 Å². The van der Waals surface area contributed by atoms with Gasteiger partial charge in [-0.1, -0.05) is 69.4 Å². The first kappa shape index (κ1) is 25.6. The average molecular weight is 431 g/mol. The Hall–Kier alpha value is -0.414. The summed E-state index contributed by atoms with van der Waals surface area (Å²) in [6.45, 7) is 2.18. The van der Waals surface area contributed by atoms with Crippen molar-refractivity contribution in [3.8, 4) is 17.2 Å². The van der Waals surface area contributed by atoms with Crippen molar-refractivity contribution in [2.75, 3.05) is 0 Å². The Morgan fingerprint density at radius 1 is 0.964 bits per heavy atom. The zero-order valence-electron chi connectivity index (χ0n) is 16.7. The zero-order valence-corrected chi connectivity index (χ0v) is 20.6. The molecule has 0 aliphatic rings. The number of aryl methyl sites for hydroxylation is 1. The van der Waals surface area contributed by atoms with Gasteiger partial charge in [0, 0.05) is 0 Å². The van der Waals surface area contributed by atoms with Crippen LogP contribution < -0.4 is 61.2 Å². The van der Waals surface area contributed by atoms with Crippen molar-refractivity contribution in [3.63, 3.8) is 0 Å². The van der Waals surface area contributed by atoms with Crippen LogP contribution >= 0.6 is 0 Å². The maximum atomic E-state index is 12.4. The minimum absolute atomic E-state index is 0. The number of benzene rings is 2. The molecule has 0 aliphatic carbocycles. The fourth-order valence-electron chi connectivity index (χ4n) is 2.96. The monoisotopic (exact) mass is 430 g/mol. The average Bonchev–Trinajstić information content (AvgIpc) is 2.63. The van der Waals surface area contributed by atoms with Crippen molar-refractivity contribution in [2.45, 2.75) is 63.2 Å². The van der Waals surface area contributed by atoms with Gasteiger partial charge in [0.25, 0.3) is 10.1 Å². The topological polar surface area (TPSA) is 86.7 Å². The summed E-state index contributed by atoms with van der Waals surface area (Å²) < 4.78 is 38.0. The molecule has 2 rings (SSSR count). The Labute approximate surface area is 210 Å². The van der Waals surface area contributed by atoms with E-state index in [9.17, 15) is 18.1 Å². The van der Waals surface area contributed by atoms with Crippen LogP contribution in [0.5, 0.6) is 17.2 Å². The Morgan fingerprint density at radius 3 is 2.18 bits per heavy atom. The van der Waals surface area contributed by atoms with Crippen LogP contribution in [0, 0.1) is 0 Å². The molecule has 1 N–H and O–H groups in total. The Morgan fingerprint density at radius 2 is 1.57 bits per heavy atom. The van der Waals surface area contributed by atoms with E-state index < -0.39 is 15.9 Å². The Balaban J connectivity index is 0.00000392. The molecular weight excluding hydrogens is 403 g/mol. The number of hydrogen-bond acceptors (Lipinski definition) is 4. The predicted octanol–water partition coefficient (Wildman–Crippen LogP) is 2.10. The molecule has 0 bridgehead atoms. The van der Waals surface area contributed by atoms with Crippen molar-refractivity contribution in [1.82, 2.24) is 0 Å². The molecule has 0 saturated heterocycles. The molecule has 0 amide bonds. The van der Waals surface area contributed by atoms with Gasteiger partial charge in [-0.15, -0.1) is 0 Å². The van der Waals surface area contributed by atoms with Gasteiger partial charge < -0.3 is 9.84 Å². The van der Waals surface area contributed by atoms with Crippen LogP contribution in [0.3, 0.4) is 0 Å². The van der Waals surface area contributed by atoms with Gasteiger partial charge in [-0.2, -0.15) is 8.42 Å². The first-order valence-electron chi connectivity index (χ1n) is 9.46. The molecule has 0 unspecified atom stereocenters. The standard InChI is InChI=1S/C21H28O5S.K/c1-2-3-4-5-6-7-9-12-17-15-19(27(23,24)25)16-20(22)21(17)26-18-13-10-8-11-14-18;/h8,10-11,13-16,22H,2-7,9,12H2,1H3,(H,23,24,25);/q;+1/p-1. The van der Waals surface area contributed by atoms with Crippen LogP contribution in [-0.4, -0.2) is 13.0 Å². The van der Waals surface area contributed by atoms with Crippen LogP contribution in [0.2, 0.25) is 0 Å². The van der Waals surface area contributed by atoms with Crippen LogP contribution in [0.4, 0.5) is 0 Å². The number of ether oxygens (including phenoxy) is 1. The summed E-state index contributed by atoms with van der Waals surface area (Å²) in [5, 5.41) is 12.4. The summed E-state index contributed by atoms with van der Waals surface area (Å²) in [6.07, 6.45) is 8.30. The molecule has 0 radical (unpaired) electrons. The summed E-state index contributed by atoms with van der Waals surface area (Å²) in [7, 11) is -4.44. The maximum Gasteiger partial charge on any atom is 1.00 e. The van der Waals surface area contributed by atoms with Crippen molar-refractivity contribution in [3.05, 3.63) is 48.0 Å². The molecule has 5 nitrogen and oxygen atoms in total.